The Hall–Kier alpha value is -4.89. The molecule has 0 saturated carbocycles. The molecule has 0 fully saturated rings. The van der Waals surface area contributed by atoms with Crippen molar-refractivity contribution in [1.29, 1.82) is 0 Å². The zero-order valence-electron chi connectivity index (χ0n) is 25.4. The molecule has 1 aliphatic carbocycles. The van der Waals surface area contributed by atoms with Gasteiger partial charge in [-0.3, -0.25) is 0 Å². The van der Waals surface area contributed by atoms with Gasteiger partial charge < -0.3 is 0 Å². The van der Waals surface area contributed by atoms with E-state index in [9.17, 15) is 0 Å². The number of thiophene rings is 1. The van der Waals surface area contributed by atoms with Gasteiger partial charge in [-0.15, -0.1) is 24.0 Å². The van der Waals surface area contributed by atoms with Crippen LogP contribution in [-0.4, -0.2) is 0 Å². The van der Waals surface area contributed by atoms with Gasteiger partial charge in [0, 0.05) is 25.1 Å². The zero-order chi connectivity index (χ0) is 31.3. The molecule has 1 aromatic heterocycles. The van der Waals surface area contributed by atoms with Gasteiger partial charge in [0.15, 0.2) is 0 Å². The number of hydrogen-bond acceptors (Lipinski definition) is 2. The molecule has 45 heavy (non-hydrogen) atoms. The Balaban J connectivity index is 1.96. The minimum Gasteiger partial charge on any atom is -0.143 e. The summed E-state index contributed by atoms with van der Waals surface area (Å²) in [6.45, 7) is 5.95. The number of benzene rings is 3. The smallest absolute Gasteiger partial charge is 0.0361 e. The predicted octanol–water partition coefficient (Wildman–Crippen LogP) is 10.8. The highest BCUT2D eigenvalue weighted by atomic mass is 32.1. The summed E-state index contributed by atoms with van der Waals surface area (Å²) in [5.41, 5.74) is 7.95. The fraction of sp³-hybridized carbons (Fsp3) is 0.0233. The van der Waals surface area contributed by atoms with Gasteiger partial charge in [-0.1, -0.05) is 164 Å². The van der Waals surface area contributed by atoms with E-state index in [1.807, 2.05) is 30.4 Å². The van der Waals surface area contributed by atoms with Crippen molar-refractivity contribution in [3.8, 4) is 11.1 Å². The average Bonchev–Trinajstić information content (AvgIpc) is 3.40. The van der Waals surface area contributed by atoms with Crippen molar-refractivity contribution < 1.29 is 0 Å². The van der Waals surface area contributed by atoms with Crippen molar-refractivity contribution in [3.63, 3.8) is 0 Å². The van der Waals surface area contributed by atoms with Crippen LogP contribution in [0.5, 0.6) is 0 Å². The third-order valence-electron chi connectivity index (χ3n) is 7.22. The van der Waals surface area contributed by atoms with Gasteiger partial charge in [0.05, 0.1) is 0 Å². The molecule has 4 aromatic rings. The molecule has 1 aliphatic rings. The van der Waals surface area contributed by atoms with E-state index in [0.29, 0.717) is 0 Å². The van der Waals surface area contributed by atoms with Crippen molar-refractivity contribution in [1.82, 2.24) is 0 Å². The molecule has 0 unspecified atom stereocenters. The molecule has 0 bridgehead atoms. The van der Waals surface area contributed by atoms with Gasteiger partial charge >= 0.3 is 0 Å². The summed E-state index contributed by atoms with van der Waals surface area (Å²) in [5, 5.41) is 1.18. The van der Waals surface area contributed by atoms with Crippen LogP contribution >= 0.6 is 24.0 Å². The Morgan fingerprint density at radius 2 is 1.38 bits per heavy atom. The Morgan fingerprint density at radius 1 is 0.711 bits per heavy atom. The van der Waals surface area contributed by atoms with E-state index in [0.717, 1.165) is 32.7 Å². The summed E-state index contributed by atoms with van der Waals surface area (Å²) >= 11 is 6.83. The number of thiol groups is 1. The second kappa shape index (κ2) is 16.3. The molecule has 0 spiro atoms. The third-order valence-corrected chi connectivity index (χ3v) is 8.74. The maximum absolute atomic E-state index is 5.04. The molecule has 0 nitrogen and oxygen atoms in total. The molecule has 5 rings (SSSR count). The lowest BCUT2D eigenvalue weighted by atomic mass is 9.87. The first-order chi connectivity index (χ1) is 22.2. The topological polar surface area (TPSA) is 0 Å². The summed E-state index contributed by atoms with van der Waals surface area (Å²) < 4.78 is 1.17. The summed E-state index contributed by atoms with van der Waals surface area (Å²) in [5.74, 6) is 0. The van der Waals surface area contributed by atoms with Gasteiger partial charge in [0.1, 0.15) is 0 Å². The quantitative estimate of drug-likeness (QED) is 0.155. The van der Waals surface area contributed by atoms with Crippen LogP contribution in [0.15, 0.2) is 175 Å². The molecule has 0 N–H and O–H groups in total. The van der Waals surface area contributed by atoms with Crippen molar-refractivity contribution in [2.75, 3.05) is 0 Å². The standard InChI is InChI=1S/C43H36S2/c1-3-5-15-29-41-43(37-27-20-11-9-7-8-10-12-21-28-40(37)45-41)42(34-24-18-14-19-25-34)36(26-6-4-2)38-32-35(30-31-39(38)44)33-22-16-13-17-23-33/h3-32,44H,1H2,2H3/b6-4-,8-7-,9-7?,10-8?,11-9+,12-10-,15-5+,20-11?,21-12?,27-20+,28-21-,36-26-,37-27?,40-28?,41-29-,43-42-. The molecule has 0 atom stereocenters. The van der Waals surface area contributed by atoms with Crippen LogP contribution in [0.1, 0.15) is 28.5 Å². The van der Waals surface area contributed by atoms with Gasteiger partial charge in [-0.05, 0) is 64.6 Å². The lowest BCUT2D eigenvalue weighted by molar-refractivity contribution is 1.40. The van der Waals surface area contributed by atoms with Gasteiger partial charge in [0.25, 0.3) is 0 Å². The first kappa shape index (κ1) is 31.5. The normalized spacial score (nSPS) is 18.1. The molecular weight excluding hydrogens is 581 g/mol. The Morgan fingerprint density at radius 3 is 2.07 bits per heavy atom. The maximum atomic E-state index is 5.04. The summed E-state index contributed by atoms with van der Waals surface area (Å²) in [7, 11) is 0. The second-order valence-corrected chi connectivity index (χ2v) is 11.8. The van der Waals surface area contributed by atoms with Crippen molar-refractivity contribution in [2.24, 2.45) is 0 Å². The van der Waals surface area contributed by atoms with Crippen molar-refractivity contribution in [3.05, 3.63) is 202 Å². The summed E-state index contributed by atoms with van der Waals surface area (Å²) in [6.07, 6.45) is 35.5. The molecule has 220 valence electrons. The maximum Gasteiger partial charge on any atom is 0.0361 e. The van der Waals surface area contributed by atoms with Crippen LogP contribution in [0, 0.1) is 0 Å². The van der Waals surface area contributed by atoms with E-state index in [2.05, 4.69) is 165 Å². The zero-order valence-corrected chi connectivity index (χ0v) is 27.1. The highest BCUT2D eigenvalue weighted by Crippen LogP contribution is 2.36. The molecule has 0 radical (unpaired) electrons. The number of allylic oxidation sites excluding steroid dienone is 15. The van der Waals surface area contributed by atoms with E-state index in [1.54, 1.807) is 11.3 Å². The number of rotatable bonds is 7. The van der Waals surface area contributed by atoms with Crippen LogP contribution in [-0.2, 0) is 0 Å². The molecule has 0 amide bonds. The Bertz CT molecular complexity index is 2000. The second-order valence-electron chi connectivity index (χ2n) is 10.2. The minimum atomic E-state index is 0.922. The largest absolute Gasteiger partial charge is 0.143 e. The van der Waals surface area contributed by atoms with E-state index < -0.39 is 0 Å². The average molecular weight is 617 g/mol. The lowest BCUT2D eigenvalue weighted by Gasteiger charge is -2.17. The van der Waals surface area contributed by atoms with Crippen LogP contribution < -0.4 is 9.75 Å². The molecule has 0 aliphatic heterocycles. The monoisotopic (exact) mass is 616 g/mol. The fourth-order valence-electron chi connectivity index (χ4n) is 5.15. The van der Waals surface area contributed by atoms with Gasteiger partial charge in [0.2, 0.25) is 0 Å². The van der Waals surface area contributed by atoms with Crippen molar-refractivity contribution in [2.45, 2.75) is 11.8 Å². The van der Waals surface area contributed by atoms with Crippen LogP contribution in [0.25, 0.3) is 40.5 Å². The first-order valence-corrected chi connectivity index (χ1v) is 16.3. The fourth-order valence-corrected chi connectivity index (χ4v) is 6.53. The number of fused-ring (bicyclic) bond motifs is 1. The van der Waals surface area contributed by atoms with Gasteiger partial charge in [-0.25, -0.2) is 0 Å². The van der Waals surface area contributed by atoms with Crippen LogP contribution in [0.2, 0.25) is 0 Å². The highest BCUT2D eigenvalue weighted by Gasteiger charge is 2.19. The first-order valence-electron chi connectivity index (χ1n) is 15.0. The molecule has 1 heterocycles. The Kier molecular flexibility index (Phi) is 11.4. The molecule has 3 aromatic carbocycles. The SMILES string of the molecule is C=C/C=C/C=c1\sc2c(\c1=C(\C(=C/C=C\C)c1cc(-c3ccccc3)ccc1S)c1ccccc1)/C=C/C=C/C=C\C=C/C=C\2. The van der Waals surface area contributed by atoms with E-state index in [1.165, 1.54) is 25.8 Å². The minimum absolute atomic E-state index is 0.922. The molecule has 0 saturated heterocycles. The lowest BCUT2D eigenvalue weighted by Crippen LogP contribution is -2.25. The van der Waals surface area contributed by atoms with Crippen molar-refractivity contribution >= 4 is 53.3 Å². The molecule has 2 heteroatoms. The third kappa shape index (κ3) is 7.99. The van der Waals surface area contributed by atoms with E-state index >= 15 is 0 Å². The van der Waals surface area contributed by atoms with Crippen LogP contribution in [0.4, 0.5) is 0 Å². The van der Waals surface area contributed by atoms with Gasteiger partial charge in [-0.2, -0.15) is 0 Å². The van der Waals surface area contributed by atoms with E-state index in [-0.39, 0.29) is 0 Å². The molecular formula is C43H36S2. The number of hydrogen-bond donors (Lipinski definition) is 1. The summed E-state index contributed by atoms with van der Waals surface area (Å²) in [6, 6.07) is 27.7. The van der Waals surface area contributed by atoms with Crippen LogP contribution in [0.3, 0.4) is 0 Å². The Labute approximate surface area is 276 Å². The highest BCUT2D eigenvalue weighted by molar-refractivity contribution is 7.80. The predicted molar refractivity (Wildman–Crippen MR) is 204 cm³/mol. The van der Waals surface area contributed by atoms with E-state index in [4.69, 9.17) is 12.6 Å². The summed E-state index contributed by atoms with van der Waals surface area (Å²) in [4.78, 5) is 2.11.